The summed E-state index contributed by atoms with van der Waals surface area (Å²) >= 11 is 5.27. The number of aromatic amines is 1. The number of anilines is 2. The Morgan fingerprint density at radius 2 is 1.75 bits per heavy atom. The topological polar surface area (TPSA) is 239 Å². The lowest BCUT2D eigenvalue weighted by Gasteiger charge is -2.25. The van der Waals surface area contributed by atoms with Crippen LogP contribution < -0.4 is 22.7 Å². The summed E-state index contributed by atoms with van der Waals surface area (Å²) in [5.74, 6) is -0.224. The third kappa shape index (κ3) is 5.92. The van der Waals surface area contributed by atoms with Crippen LogP contribution in [0.5, 0.6) is 0 Å². The van der Waals surface area contributed by atoms with Gasteiger partial charge in [0.1, 0.15) is 31.0 Å². The zero-order valence-electron chi connectivity index (χ0n) is 21.4. The normalized spacial score (nSPS) is 28.3. The Labute approximate surface area is 230 Å². The number of hydrogen-bond donors (Lipinski definition) is 4. The van der Waals surface area contributed by atoms with E-state index in [1.165, 1.54) is 26.9 Å². The molecule has 2 fully saturated rings. The van der Waals surface area contributed by atoms with Gasteiger partial charge in [0, 0.05) is 27.1 Å². The molecule has 0 aliphatic carbocycles. The molecule has 0 radical (unpaired) electrons. The van der Waals surface area contributed by atoms with Gasteiger partial charge in [-0.3, -0.25) is 18.9 Å². The Hall–Kier alpha value is -2.87. The standard InChI is InChI=1S/C20H28N9O9PS/c1-33-5-11-10(4-14(36-11)29-8-24-18(21)27-20(29)31)38-39(32,40)35-6-12-9(34-2)3-13(37-12)28-7-23-15-16(28)25-19(22)26-17(15)30/h7-14H,3-6H2,1-2H3,(H,32,40)(H2,21,27,31)(H3,22,25,26,30)/t9?,10?,11-,12-,13-,14-,39?/m1/s1. The van der Waals surface area contributed by atoms with Gasteiger partial charge in [-0.2, -0.15) is 9.97 Å². The van der Waals surface area contributed by atoms with Crippen LogP contribution in [0.25, 0.3) is 11.2 Å². The largest absolute Gasteiger partial charge is 0.382 e. The molecule has 0 spiro atoms. The summed E-state index contributed by atoms with van der Waals surface area (Å²) < 4.78 is 36.9. The molecule has 3 aromatic rings. The number of nitrogen functional groups attached to an aromatic ring is 2. The van der Waals surface area contributed by atoms with Crippen LogP contribution in [0.2, 0.25) is 0 Å². The first-order chi connectivity index (χ1) is 19.1. The number of hydrogen-bond acceptors (Lipinski definition) is 15. The summed E-state index contributed by atoms with van der Waals surface area (Å²) in [5.41, 5.74) is 10.4. The summed E-state index contributed by atoms with van der Waals surface area (Å²) in [6.45, 7) is -3.90. The van der Waals surface area contributed by atoms with E-state index in [2.05, 4.69) is 24.9 Å². The molecule has 5 heterocycles. The lowest BCUT2D eigenvalue weighted by molar-refractivity contribution is -0.0601. The Morgan fingerprint density at radius 3 is 2.45 bits per heavy atom. The van der Waals surface area contributed by atoms with Crippen LogP contribution in [0.1, 0.15) is 25.3 Å². The number of imidazole rings is 1. The highest BCUT2D eigenvalue weighted by molar-refractivity contribution is 8.07. The van der Waals surface area contributed by atoms with Crippen molar-refractivity contribution >= 4 is 41.6 Å². The molecular weight excluding hydrogens is 573 g/mol. The molecule has 3 aromatic heterocycles. The predicted octanol–water partition coefficient (Wildman–Crippen LogP) is -1.21. The fourth-order valence-corrected chi connectivity index (χ4v) is 6.12. The summed E-state index contributed by atoms with van der Waals surface area (Å²) in [7, 11) is 2.98. The zero-order chi connectivity index (χ0) is 28.6. The van der Waals surface area contributed by atoms with Gasteiger partial charge in [-0.05, 0) is 11.8 Å². The van der Waals surface area contributed by atoms with Crippen molar-refractivity contribution in [1.82, 2.24) is 34.1 Å². The maximum atomic E-state index is 12.2. The number of nitrogens with two attached hydrogens (primary N) is 2. The van der Waals surface area contributed by atoms with Gasteiger partial charge < -0.3 is 44.4 Å². The Balaban J connectivity index is 1.25. The molecule has 218 valence electrons. The average molecular weight is 602 g/mol. The third-order valence-corrected chi connectivity index (χ3v) is 8.07. The summed E-state index contributed by atoms with van der Waals surface area (Å²) in [6, 6.07) is 0. The van der Waals surface area contributed by atoms with Crippen molar-refractivity contribution in [1.29, 1.82) is 0 Å². The molecule has 18 nitrogen and oxygen atoms in total. The molecule has 20 heteroatoms. The molecule has 2 aliphatic rings. The number of fused-ring (bicyclic) bond motifs is 1. The van der Waals surface area contributed by atoms with E-state index in [1.54, 1.807) is 4.57 Å². The van der Waals surface area contributed by atoms with E-state index in [9.17, 15) is 14.5 Å². The minimum atomic E-state index is -3.83. The van der Waals surface area contributed by atoms with Gasteiger partial charge >= 0.3 is 12.4 Å². The van der Waals surface area contributed by atoms with E-state index in [-0.39, 0.29) is 42.7 Å². The molecule has 0 aromatic carbocycles. The second-order valence-corrected chi connectivity index (χ2v) is 11.8. The second kappa shape index (κ2) is 11.6. The number of ether oxygens (including phenoxy) is 4. The first-order valence-electron chi connectivity index (χ1n) is 12.0. The van der Waals surface area contributed by atoms with E-state index in [0.717, 1.165) is 4.57 Å². The predicted molar refractivity (Wildman–Crippen MR) is 140 cm³/mol. The van der Waals surface area contributed by atoms with E-state index in [4.69, 9.17) is 51.3 Å². The van der Waals surface area contributed by atoms with E-state index in [0.29, 0.717) is 6.42 Å². The van der Waals surface area contributed by atoms with Gasteiger partial charge in [-0.15, -0.1) is 0 Å². The van der Waals surface area contributed by atoms with E-state index < -0.39 is 54.8 Å². The molecule has 0 bridgehead atoms. The molecule has 5 rings (SSSR count). The SMILES string of the molecule is COC[C@H]1O[C@@H](n2cnc(N)nc2=O)CC1OP(O)(=S)OC[C@H]1O[C@@H](n2cnc3c(=O)[nH]c(N)nc32)CC1OC. The monoisotopic (exact) mass is 601 g/mol. The quantitative estimate of drug-likeness (QED) is 0.199. The number of rotatable bonds is 10. The van der Waals surface area contributed by atoms with Crippen LogP contribution in [0.3, 0.4) is 0 Å². The highest BCUT2D eigenvalue weighted by atomic mass is 32.5. The molecule has 40 heavy (non-hydrogen) atoms. The molecule has 0 amide bonds. The van der Waals surface area contributed by atoms with Gasteiger partial charge in [-0.25, -0.2) is 14.8 Å². The Kier molecular flexibility index (Phi) is 8.27. The van der Waals surface area contributed by atoms with Crippen LogP contribution in [0.15, 0.2) is 22.2 Å². The molecule has 2 saturated heterocycles. The molecule has 6 N–H and O–H groups in total. The fourth-order valence-electron chi connectivity index (χ4n) is 4.64. The van der Waals surface area contributed by atoms with Gasteiger partial charge in [0.2, 0.25) is 11.9 Å². The van der Waals surface area contributed by atoms with E-state index >= 15 is 0 Å². The number of nitrogens with one attached hydrogen (secondary N) is 1. The van der Waals surface area contributed by atoms with Gasteiger partial charge in [0.05, 0.1) is 31.7 Å². The van der Waals surface area contributed by atoms with Crippen molar-refractivity contribution in [2.45, 2.75) is 49.7 Å². The average Bonchev–Trinajstić information content (AvgIpc) is 3.60. The maximum Gasteiger partial charge on any atom is 0.354 e. The van der Waals surface area contributed by atoms with Crippen LogP contribution in [0.4, 0.5) is 11.9 Å². The smallest absolute Gasteiger partial charge is 0.354 e. The molecule has 7 atom stereocenters. The molecule has 0 saturated carbocycles. The number of nitrogens with zero attached hydrogens (tertiary/aromatic N) is 6. The number of methoxy groups -OCH3 is 2. The van der Waals surface area contributed by atoms with Crippen LogP contribution in [-0.2, 0) is 39.8 Å². The second-order valence-electron chi connectivity index (χ2n) is 9.05. The molecule has 2 aliphatic heterocycles. The van der Waals surface area contributed by atoms with E-state index in [1.807, 2.05) is 0 Å². The highest BCUT2D eigenvalue weighted by Gasteiger charge is 2.42. The minimum Gasteiger partial charge on any atom is -0.382 e. The summed E-state index contributed by atoms with van der Waals surface area (Å²) in [4.78, 5) is 53.3. The summed E-state index contributed by atoms with van der Waals surface area (Å²) in [6.07, 6.45) is -0.809. The van der Waals surface area contributed by atoms with Gasteiger partial charge in [0.25, 0.3) is 5.56 Å². The summed E-state index contributed by atoms with van der Waals surface area (Å²) in [5, 5.41) is 0. The first-order valence-corrected chi connectivity index (χ1v) is 14.6. The lowest BCUT2D eigenvalue weighted by Crippen LogP contribution is -2.30. The van der Waals surface area contributed by atoms with Gasteiger partial charge in [0.15, 0.2) is 11.2 Å². The van der Waals surface area contributed by atoms with Crippen molar-refractivity contribution in [3.63, 3.8) is 0 Å². The van der Waals surface area contributed by atoms with Crippen LogP contribution in [0, 0.1) is 0 Å². The van der Waals surface area contributed by atoms with Crippen molar-refractivity contribution in [2.24, 2.45) is 0 Å². The van der Waals surface area contributed by atoms with Crippen molar-refractivity contribution in [3.8, 4) is 0 Å². The Bertz CT molecular complexity index is 1530. The van der Waals surface area contributed by atoms with Crippen LogP contribution >= 0.6 is 6.72 Å². The van der Waals surface area contributed by atoms with Crippen molar-refractivity contribution < 1.29 is 32.9 Å². The van der Waals surface area contributed by atoms with Crippen LogP contribution in [-0.4, -0.2) is 90.8 Å². The molecule has 3 unspecified atom stereocenters. The van der Waals surface area contributed by atoms with Crippen molar-refractivity contribution in [3.05, 3.63) is 33.5 Å². The number of H-pyrrole nitrogens is 1. The Morgan fingerprint density at radius 1 is 1.07 bits per heavy atom. The highest BCUT2D eigenvalue weighted by Crippen LogP contribution is 2.49. The van der Waals surface area contributed by atoms with Gasteiger partial charge in [-0.1, -0.05) is 0 Å². The number of aromatic nitrogens is 7. The fraction of sp³-hybridized carbons (Fsp3) is 0.600. The lowest BCUT2D eigenvalue weighted by atomic mass is 10.2. The minimum absolute atomic E-state index is 0.0581. The molecular formula is C20H28N9O9PS. The zero-order valence-corrected chi connectivity index (χ0v) is 23.1. The first kappa shape index (κ1) is 28.7. The maximum absolute atomic E-state index is 12.2. The third-order valence-electron chi connectivity index (χ3n) is 6.48. The van der Waals surface area contributed by atoms with Crippen molar-refractivity contribution in [2.75, 3.05) is 38.9 Å².